The largest absolute Gasteiger partial charge is 0.455 e. The summed E-state index contributed by atoms with van der Waals surface area (Å²) >= 11 is 7.75. The Hall–Kier alpha value is -2.43. The number of amides is 1. The van der Waals surface area contributed by atoms with Gasteiger partial charge in [-0.2, -0.15) is 0 Å². The standard InChI is InChI=1S/C22H20ClNO2S/c1-16-7-10-19(11-8-16)27-14-13-22(25)24-20-15-17(23)9-12-21(20)26-18-5-3-2-4-6-18/h2-12,15H,13-14H2,1H3,(H,24,25). The van der Waals surface area contributed by atoms with E-state index in [4.69, 9.17) is 16.3 Å². The number of carbonyl (C=O) groups excluding carboxylic acids is 1. The molecular formula is C22H20ClNO2S. The second kappa shape index (κ2) is 9.49. The maximum absolute atomic E-state index is 12.3. The number of halogens is 1. The third kappa shape index (κ3) is 6.05. The van der Waals surface area contributed by atoms with Crippen molar-refractivity contribution in [1.29, 1.82) is 0 Å². The van der Waals surface area contributed by atoms with E-state index in [0.717, 1.165) is 4.90 Å². The molecule has 1 amide bonds. The second-order valence-electron chi connectivity index (χ2n) is 6.02. The van der Waals surface area contributed by atoms with Gasteiger partial charge in [-0.3, -0.25) is 4.79 Å². The van der Waals surface area contributed by atoms with Crippen LogP contribution in [0.4, 0.5) is 5.69 Å². The minimum atomic E-state index is -0.0743. The van der Waals surface area contributed by atoms with E-state index in [1.165, 1.54) is 5.56 Å². The summed E-state index contributed by atoms with van der Waals surface area (Å²) in [5.41, 5.74) is 1.79. The number of thioether (sulfide) groups is 1. The third-order valence-corrected chi connectivity index (χ3v) is 5.05. The first-order valence-electron chi connectivity index (χ1n) is 8.62. The SMILES string of the molecule is Cc1ccc(SCCC(=O)Nc2cc(Cl)ccc2Oc2ccccc2)cc1. The van der Waals surface area contributed by atoms with Crippen molar-refractivity contribution in [2.75, 3.05) is 11.1 Å². The van der Waals surface area contributed by atoms with Gasteiger partial charge in [-0.25, -0.2) is 0 Å². The van der Waals surface area contributed by atoms with Crippen LogP contribution < -0.4 is 10.1 Å². The number of rotatable bonds is 7. The van der Waals surface area contributed by atoms with Crippen LogP contribution in [0, 0.1) is 6.92 Å². The number of benzene rings is 3. The molecule has 0 aromatic heterocycles. The topological polar surface area (TPSA) is 38.3 Å². The van der Waals surface area contributed by atoms with Crippen LogP contribution in [0.3, 0.4) is 0 Å². The zero-order valence-electron chi connectivity index (χ0n) is 14.9. The molecule has 0 aliphatic rings. The number of nitrogens with one attached hydrogen (secondary N) is 1. The highest BCUT2D eigenvalue weighted by molar-refractivity contribution is 7.99. The van der Waals surface area contributed by atoms with Gasteiger partial charge in [-0.05, 0) is 49.4 Å². The van der Waals surface area contributed by atoms with E-state index in [-0.39, 0.29) is 5.91 Å². The van der Waals surface area contributed by atoms with E-state index in [1.807, 2.05) is 30.3 Å². The fourth-order valence-corrected chi connectivity index (χ4v) is 3.44. The average Bonchev–Trinajstić information content (AvgIpc) is 2.66. The third-order valence-electron chi connectivity index (χ3n) is 3.81. The minimum absolute atomic E-state index is 0.0743. The van der Waals surface area contributed by atoms with Gasteiger partial charge in [0.05, 0.1) is 5.69 Å². The van der Waals surface area contributed by atoms with Gasteiger partial charge in [0, 0.05) is 22.1 Å². The Morgan fingerprint density at radius 1 is 1.04 bits per heavy atom. The quantitative estimate of drug-likeness (QED) is 0.458. The van der Waals surface area contributed by atoms with Gasteiger partial charge in [-0.1, -0.05) is 47.5 Å². The lowest BCUT2D eigenvalue weighted by atomic mass is 10.2. The van der Waals surface area contributed by atoms with Gasteiger partial charge in [0.15, 0.2) is 5.75 Å². The van der Waals surface area contributed by atoms with Gasteiger partial charge in [0.2, 0.25) is 5.91 Å². The minimum Gasteiger partial charge on any atom is -0.455 e. The van der Waals surface area contributed by atoms with Crippen molar-refractivity contribution in [1.82, 2.24) is 0 Å². The summed E-state index contributed by atoms with van der Waals surface area (Å²) in [5.74, 6) is 1.88. The molecule has 5 heteroatoms. The smallest absolute Gasteiger partial charge is 0.225 e. The van der Waals surface area contributed by atoms with Crippen LogP contribution in [0.1, 0.15) is 12.0 Å². The number of hydrogen-bond donors (Lipinski definition) is 1. The van der Waals surface area contributed by atoms with Crippen molar-refractivity contribution >= 4 is 35.0 Å². The summed E-state index contributed by atoms with van der Waals surface area (Å²) in [6.07, 6.45) is 0.399. The Bertz CT molecular complexity index is 898. The number of para-hydroxylation sites is 1. The fraction of sp³-hybridized carbons (Fsp3) is 0.136. The highest BCUT2D eigenvalue weighted by Crippen LogP contribution is 2.32. The number of hydrogen-bond acceptors (Lipinski definition) is 3. The summed E-state index contributed by atoms with van der Waals surface area (Å²) in [6, 6.07) is 22.9. The molecule has 0 saturated carbocycles. The van der Waals surface area contributed by atoms with Gasteiger partial charge < -0.3 is 10.1 Å². The molecule has 138 valence electrons. The number of anilines is 1. The van der Waals surface area contributed by atoms with Crippen LogP contribution >= 0.6 is 23.4 Å². The van der Waals surface area contributed by atoms with E-state index in [2.05, 4.69) is 36.5 Å². The zero-order chi connectivity index (χ0) is 19.1. The van der Waals surface area contributed by atoms with E-state index in [1.54, 1.807) is 30.0 Å². The van der Waals surface area contributed by atoms with Crippen LogP contribution in [-0.4, -0.2) is 11.7 Å². The summed E-state index contributed by atoms with van der Waals surface area (Å²) < 4.78 is 5.87. The molecule has 27 heavy (non-hydrogen) atoms. The molecule has 0 spiro atoms. The first-order chi connectivity index (χ1) is 13.1. The summed E-state index contributed by atoms with van der Waals surface area (Å²) in [7, 11) is 0. The van der Waals surface area contributed by atoms with Gasteiger partial charge in [0.1, 0.15) is 5.75 Å². The lowest BCUT2D eigenvalue weighted by molar-refractivity contribution is -0.115. The number of ether oxygens (including phenoxy) is 1. The van der Waals surface area contributed by atoms with Crippen LogP contribution in [0.5, 0.6) is 11.5 Å². The summed E-state index contributed by atoms with van der Waals surface area (Å²) in [4.78, 5) is 13.5. The predicted octanol–water partition coefficient (Wildman–Crippen LogP) is 6.56. The van der Waals surface area contributed by atoms with Gasteiger partial charge in [0.25, 0.3) is 0 Å². The molecule has 0 atom stereocenters. The monoisotopic (exact) mass is 397 g/mol. The number of aryl methyl sites for hydroxylation is 1. The Balaban J connectivity index is 1.59. The van der Waals surface area contributed by atoms with Crippen molar-refractivity contribution in [3.05, 3.63) is 83.4 Å². The van der Waals surface area contributed by atoms with Crippen molar-refractivity contribution in [2.45, 2.75) is 18.2 Å². The van der Waals surface area contributed by atoms with Gasteiger partial charge in [-0.15, -0.1) is 11.8 Å². The van der Waals surface area contributed by atoms with Crippen molar-refractivity contribution < 1.29 is 9.53 Å². The Morgan fingerprint density at radius 3 is 2.52 bits per heavy atom. The summed E-state index contributed by atoms with van der Waals surface area (Å²) in [5, 5.41) is 3.45. The van der Waals surface area contributed by atoms with E-state index in [9.17, 15) is 4.79 Å². The Morgan fingerprint density at radius 2 is 1.78 bits per heavy atom. The maximum Gasteiger partial charge on any atom is 0.225 e. The van der Waals surface area contributed by atoms with Crippen molar-refractivity contribution in [2.24, 2.45) is 0 Å². The zero-order valence-corrected chi connectivity index (χ0v) is 16.5. The van der Waals surface area contributed by atoms with Crippen molar-refractivity contribution in [3.63, 3.8) is 0 Å². The Kier molecular flexibility index (Phi) is 6.80. The molecule has 0 bridgehead atoms. The highest BCUT2D eigenvalue weighted by Gasteiger charge is 2.10. The molecule has 3 aromatic rings. The predicted molar refractivity (Wildman–Crippen MR) is 113 cm³/mol. The van der Waals surface area contributed by atoms with E-state index in [0.29, 0.717) is 34.4 Å². The molecule has 0 saturated heterocycles. The molecule has 3 nitrogen and oxygen atoms in total. The second-order valence-corrected chi connectivity index (χ2v) is 7.62. The Labute approximate surface area is 168 Å². The normalized spacial score (nSPS) is 10.4. The van der Waals surface area contributed by atoms with Crippen LogP contribution in [-0.2, 0) is 4.79 Å². The summed E-state index contributed by atoms with van der Waals surface area (Å²) in [6.45, 7) is 2.06. The first kappa shape index (κ1) is 19.3. The lowest BCUT2D eigenvalue weighted by Gasteiger charge is -2.13. The molecule has 1 N–H and O–H groups in total. The van der Waals surface area contributed by atoms with Crippen LogP contribution in [0.25, 0.3) is 0 Å². The molecule has 0 radical (unpaired) electrons. The maximum atomic E-state index is 12.3. The molecule has 3 aromatic carbocycles. The van der Waals surface area contributed by atoms with Crippen LogP contribution in [0.2, 0.25) is 5.02 Å². The fourth-order valence-electron chi connectivity index (χ4n) is 2.41. The highest BCUT2D eigenvalue weighted by atomic mass is 35.5. The molecule has 0 aliphatic carbocycles. The average molecular weight is 398 g/mol. The number of carbonyl (C=O) groups is 1. The molecule has 0 unspecified atom stereocenters. The van der Waals surface area contributed by atoms with Crippen molar-refractivity contribution in [3.8, 4) is 11.5 Å². The molecule has 0 fully saturated rings. The van der Waals surface area contributed by atoms with E-state index >= 15 is 0 Å². The molecule has 0 heterocycles. The first-order valence-corrected chi connectivity index (χ1v) is 9.98. The van der Waals surface area contributed by atoms with Gasteiger partial charge >= 0.3 is 0 Å². The van der Waals surface area contributed by atoms with Crippen LogP contribution in [0.15, 0.2) is 77.7 Å². The molecule has 3 rings (SSSR count). The lowest BCUT2D eigenvalue weighted by Crippen LogP contribution is -2.12. The molecule has 0 aliphatic heterocycles. The van der Waals surface area contributed by atoms with E-state index < -0.39 is 0 Å². The molecular weight excluding hydrogens is 378 g/mol.